The predicted molar refractivity (Wildman–Crippen MR) is 154 cm³/mol. The Kier molecular flexibility index (Phi) is 9.96. The smallest absolute Gasteiger partial charge is 0.286 e. The van der Waals surface area contributed by atoms with Crippen LogP contribution < -0.4 is 15.4 Å². The molecule has 9 nitrogen and oxygen atoms in total. The van der Waals surface area contributed by atoms with Crippen LogP contribution in [0.5, 0.6) is 5.75 Å². The maximum absolute atomic E-state index is 14.5. The molecule has 0 aliphatic carbocycles. The maximum Gasteiger partial charge on any atom is 0.286 e. The van der Waals surface area contributed by atoms with E-state index in [-0.39, 0.29) is 6.54 Å². The highest BCUT2D eigenvalue weighted by Crippen LogP contribution is 2.22. The van der Waals surface area contributed by atoms with E-state index in [0.717, 1.165) is 43.1 Å². The number of likely N-dealkylation sites (tertiary alicyclic amines) is 1. The van der Waals surface area contributed by atoms with Crippen molar-refractivity contribution in [2.24, 2.45) is 11.1 Å². The van der Waals surface area contributed by atoms with Gasteiger partial charge in [-0.2, -0.15) is 5.26 Å². The van der Waals surface area contributed by atoms with Gasteiger partial charge in [-0.25, -0.2) is 14.4 Å². The molecule has 11 heteroatoms. The summed E-state index contributed by atoms with van der Waals surface area (Å²) in [6.45, 7) is 2.99. The van der Waals surface area contributed by atoms with Gasteiger partial charge >= 0.3 is 0 Å². The summed E-state index contributed by atoms with van der Waals surface area (Å²) in [6, 6.07) is 13.8. The molecule has 1 aliphatic heterocycles. The van der Waals surface area contributed by atoms with Gasteiger partial charge in [-0.1, -0.05) is 18.2 Å². The Hall–Kier alpha value is -4.11. The van der Waals surface area contributed by atoms with Gasteiger partial charge in [0.1, 0.15) is 0 Å². The molecule has 206 valence electrons. The molecule has 0 bridgehead atoms. The zero-order valence-electron chi connectivity index (χ0n) is 22.1. The quantitative estimate of drug-likeness (QED) is 0.327. The topological polar surface area (TPSA) is 123 Å². The first-order valence-corrected chi connectivity index (χ1v) is 13.2. The third-order valence-electron chi connectivity index (χ3n) is 6.72. The molecule has 0 radical (unpaired) electrons. The van der Waals surface area contributed by atoms with Crippen molar-refractivity contribution in [3.8, 4) is 34.5 Å². The number of aromatic nitrogens is 4. The molecule has 0 unspecified atom stereocenters. The number of benzene rings is 1. The Morgan fingerprint density at radius 1 is 1.10 bits per heavy atom. The van der Waals surface area contributed by atoms with E-state index in [2.05, 4.69) is 44.9 Å². The molecule has 2 N–H and O–H groups in total. The Balaban J connectivity index is 0.00000181. The summed E-state index contributed by atoms with van der Waals surface area (Å²) >= 11 is 3.03. The zero-order valence-corrected chi connectivity index (χ0v) is 23.0. The van der Waals surface area contributed by atoms with E-state index >= 15 is 0 Å². The van der Waals surface area contributed by atoms with Crippen molar-refractivity contribution < 1.29 is 9.13 Å². The maximum atomic E-state index is 14.5. The Bertz CT molecular complexity index is 1530. The van der Waals surface area contributed by atoms with E-state index in [1.165, 1.54) is 10.8 Å². The molecular weight excluding hydrogens is 529 g/mol. The number of rotatable bonds is 7. The van der Waals surface area contributed by atoms with E-state index in [1.807, 2.05) is 30.3 Å². The van der Waals surface area contributed by atoms with Crippen molar-refractivity contribution >= 4 is 12.8 Å². The number of piperidine rings is 1. The Morgan fingerprint density at radius 3 is 2.58 bits per heavy atom. The van der Waals surface area contributed by atoms with Gasteiger partial charge in [0.2, 0.25) is 0 Å². The molecular formula is C29H30FN7O2S. The molecule has 1 saturated heterocycles. The molecule has 0 amide bonds. The second-order valence-corrected chi connectivity index (χ2v) is 9.55. The van der Waals surface area contributed by atoms with E-state index in [4.69, 9.17) is 10.00 Å². The molecule has 0 atom stereocenters. The molecule has 5 rings (SSSR count). The van der Waals surface area contributed by atoms with Gasteiger partial charge in [-0.05, 0) is 68.7 Å². The molecule has 4 aromatic rings. The Labute approximate surface area is 237 Å². The van der Waals surface area contributed by atoms with Crippen LogP contribution in [-0.2, 0) is 6.54 Å². The van der Waals surface area contributed by atoms with Gasteiger partial charge < -0.3 is 14.2 Å². The standard InChI is InChI=1S/C29H27FN6O2.H3NS/c1-35-9-6-20(7-10-35)19-38-25-15-33-28(34-16-25)23-4-2-3-22(11-23)17-36-18-24(13-26(30)29(36)37)27-12-21(14-31)5-8-32-27;1-2/h2-5,8,11-13,15-16,18,20H,6-7,9-10,17,19H2,1H3;2H,1H2. The number of hydrogen-bond acceptors (Lipinski definition) is 9. The van der Waals surface area contributed by atoms with Crippen LogP contribution in [0.3, 0.4) is 0 Å². The molecule has 3 aromatic heterocycles. The molecule has 1 aromatic carbocycles. The minimum absolute atomic E-state index is 0.146. The summed E-state index contributed by atoms with van der Waals surface area (Å²) in [5.74, 6) is 0.822. The first-order chi connectivity index (χ1) is 19.5. The third-order valence-corrected chi connectivity index (χ3v) is 6.72. The first-order valence-electron chi connectivity index (χ1n) is 12.7. The van der Waals surface area contributed by atoms with Crippen LogP contribution in [0, 0.1) is 23.1 Å². The fourth-order valence-electron chi connectivity index (χ4n) is 4.50. The van der Waals surface area contributed by atoms with Crippen LogP contribution in [0.15, 0.2) is 72.0 Å². The van der Waals surface area contributed by atoms with E-state index < -0.39 is 11.4 Å². The van der Waals surface area contributed by atoms with Gasteiger partial charge in [0.15, 0.2) is 17.4 Å². The van der Waals surface area contributed by atoms with Gasteiger partial charge in [0, 0.05) is 23.5 Å². The number of hydrogen-bond donors (Lipinski definition) is 2. The van der Waals surface area contributed by atoms with Gasteiger partial charge in [-0.15, -0.1) is 12.8 Å². The second-order valence-electron chi connectivity index (χ2n) is 9.55. The van der Waals surface area contributed by atoms with Gasteiger partial charge in [0.25, 0.3) is 5.56 Å². The van der Waals surface area contributed by atoms with Crippen LogP contribution in [0.25, 0.3) is 22.6 Å². The largest absolute Gasteiger partial charge is 0.490 e. The number of ether oxygens (including phenoxy) is 1. The highest BCUT2D eigenvalue weighted by atomic mass is 32.1. The lowest BCUT2D eigenvalue weighted by molar-refractivity contribution is 0.159. The van der Waals surface area contributed by atoms with Crippen molar-refractivity contribution in [3.05, 3.63) is 94.5 Å². The number of nitriles is 1. The van der Waals surface area contributed by atoms with Crippen LogP contribution in [-0.4, -0.2) is 51.2 Å². The molecule has 1 aliphatic rings. The molecule has 0 saturated carbocycles. The van der Waals surface area contributed by atoms with Crippen LogP contribution in [0.4, 0.5) is 4.39 Å². The fourth-order valence-corrected chi connectivity index (χ4v) is 4.50. The highest BCUT2D eigenvalue weighted by Gasteiger charge is 2.17. The summed E-state index contributed by atoms with van der Waals surface area (Å²) in [5.41, 5.74) is 2.05. The molecule has 40 heavy (non-hydrogen) atoms. The summed E-state index contributed by atoms with van der Waals surface area (Å²) in [7, 11) is 2.14. The van der Waals surface area contributed by atoms with Gasteiger partial charge in [0.05, 0.1) is 42.9 Å². The second kappa shape index (κ2) is 13.8. The number of nitrogens with zero attached hydrogens (tertiary/aromatic N) is 6. The van der Waals surface area contributed by atoms with Crippen molar-refractivity contribution in [2.45, 2.75) is 19.4 Å². The summed E-state index contributed by atoms with van der Waals surface area (Å²) in [6.07, 6.45) is 8.64. The Morgan fingerprint density at radius 2 is 1.85 bits per heavy atom. The van der Waals surface area contributed by atoms with Crippen molar-refractivity contribution in [3.63, 3.8) is 0 Å². The van der Waals surface area contributed by atoms with Crippen LogP contribution >= 0.6 is 12.8 Å². The lowest BCUT2D eigenvalue weighted by Gasteiger charge is -2.28. The fraction of sp³-hybridized carbons (Fsp3) is 0.276. The molecule has 4 heterocycles. The number of nitrogens with two attached hydrogens (primary N) is 1. The summed E-state index contributed by atoms with van der Waals surface area (Å²) < 4.78 is 21.7. The monoisotopic (exact) mass is 559 g/mol. The summed E-state index contributed by atoms with van der Waals surface area (Å²) in [4.78, 5) is 28.0. The lowest BCUT2D eigenvalue weighted by atomic mass is 9.98. The minimum atomic E-state index is -0.887. The van der Waals surface area contributed by atoms with Crippen molar-refractivity contribution in [1.29, 1.82) is 5.26 Å². The van der Waals surface area contributed by atoms with E-state index in [9.17, 15) is 9.18 Å². The predicted octanol–water partition coefficient (Wildman–Crippen LogP) is 3.94. The average Bonchev–Trinajstić information content (AvgIpc) is 3.00. The van der Waals surface area contributed by atoms with Gasteiger partial charge in [-0.3, -0.25) is 14.9 Å². The van der Waals surface area contributed by atoms with Crippen LogP contribution in [0.2, 0.25) is 0 Å². The van der Waals surface area contributed by atoms with Crippen molar-refractivity contribution in [2.75, 3.05) is 26.7 Å². The average molecular weight is 560 g/mol. The van der Waals surface area contributed by atoms with E-state index in [0.29, 0.717) is 40.9 Å². The minimum Gasteiger partial charge on any atom is -0.490 e. The molecule has 1 fully saturated rings. The lowest BCUT2D eigenvalue weighted by Crippen LogP contribution is -2.32. The number of halogens is 1. The number of thiol groups is 1. The summed E-state index contributed by atoms with van der Waals surface area (Å²) in [5, 5.41) is 13.3. The van der Waals surface area contributed by atoms with Crippen LogP contribution in [0.1, 0.15) is 24.0 Å². The highest BCUT2D eigenvalue weighted by molar-refractivity contribution is 7.77. The normalized spacial score (nSPS) is 13.7. The van der Waals surface area contributed by atoms with Crippen molar-refractivity contribution in [1.82, 2.24) is 24.4 Å². The third kappa shape index (κ3) is 7.30. The zero-order chi connectivity index (χ0) is 28.5. The SMILES string of the molecule is CN1CCC(COc2cnc(-c3cccc(Cn4cc(-c5cc(C#N)ccn5)cc(F)c4=O)c3)nc2)CC1.NS. The van der Waals surface area contributed by atoms with E-state index in [1.54, 1.807) is 30.7 Å². The number of pyridine rings is 2. The first kappa shape index (κ1) is 28.9. The molecule has 0 spiro atoms.